The molecular weight excluding hydrogens is 190 g/mol. The first-order chi connectivity index (χ1) is 7.36. The van der Waals surface area contributed by atoms with Crippen molar-refractivity contribution in [1.29, 1.82) is 0 Å². The van der Waals surface area contributed by atoms with Crippen molar-refractivity contribution in [2.24, 2.45) is 0 Å². The highest BCUT2D eigenvalue weighted by Crippen LogP contribution is 2.10. The zero-order chi connectivity index (χ0) is 10.9. The molecule has 1 rings (SSSR count). The Kier molecular flexibility index (Phi) is 5.51. The highest BCUT2D eigenvalue weighted by atomic mass is 16.5. The molecule has 0 aliphatic heterocycles. The Labute approximate surface area is 91.1 Å². The maximum Gasteiger partial charge on any atom is 0.218 e. The molecule has 84 valence electrons. The first-order valence-electron chi connectivity index (χ1n) is 5.46. The fourth-order valence-corrected chi connectivity index (χ4v) is 1.32. The summed E-state index contributed by atoms with van der Waals surface area (Å²) in [5.74, 6) is 1.43. The normalized spacial score (nSPS) is 10.0. The quantitative estimate of drug-likeness (QED) is 0.701. The summed E-state index contributed by atoms with van der Waals surface area (Å²) in [6, 6.07) is 1.81. The number of aromatic nitrogens is 2. The summed E-state index contributed by atoms with van der Waals surface area (Å²) in [7, 11) is 1.60. The molecule has 0 unspecified atom stereocenters. The lowest BCUT2D eigenvalue weighted by atomic mass is 10.2. The molecule has 0 aromatic carbocycles. The third-order valence-electron chi connectivity index (χ3n) is 2.19. The fraction of sp³-hybridized carbons (Fsp3) is 0.636. The Morgan fingerprint density at radius 1 is 1.27 bits per heavy atom. The van der Waals surface area contributed by atoms with E-state index in [-0.39, 0.29) is 0 Å². The molecule has 0 saturated carbocycles. The molecule has 0 saturated heterocycles. The van der Waals surface area contributed by atoms with E-state index in [2.05, 4.69) is 22.2 Å². The minimum Gasteiger partial charge on any atom is -0.481 e. The van der Waals surface area contributed by atoms with Crippen LogP contribution in [0.1, 0.15) is 32.6 Å². The lowest BCUT2D eigenvalue weighted by Crippen LogP contribution is -2.03. The van der Waals surface area contributed by atoms with Gasteiger partial charge in [0.25, 0.3) is 0 Å². The van der Waals surface area contributed by atoms with Gasteiger partial charge < -0.3 is 10.1 Å². The van der Waals surface area contributed by atoms with E-state index >= 15 is 0 Å². The van der Waals surface area contributed by atoms with E-state index in [4.69, 9.17) is 4.74 Å². The lowest BCUT2D eigenvalue weighted by molar-refractivity contribution is 0.397. The molecule has 0 aliphatic carbocycles. The van der Waals surface area contributed by atoms with E-state index in [0.717, 1.165) is 12.4 Å². The smallest absolute Gasteiger partial charge is 0.218 e. The molecule has 1 N–H and O–H groups in total. The van der Waals surface area contributed by atoms with E-state index < -0.39 is 0 Å². The molecule has 0 spiro atoms. The van der Waals surface area contributed by atoms with Crippen LogP contribution in [0.15, 0.2) is 12.4 Å². The van der Waals surface area contributed by atoms with Gasteiger partial charge in [-0.25, -0.2) is 9.97 Å². The van der Waals surface area contributed by atoms with E-state index in [9.17, 15) is 0 Å². The number of ether oxygens (including phenoxy) is 1. The molecule has 1 aromatic rings. The van der Waals surface area contributed by atoms with Crippen LogP contribution in [0.4, 0.5) is 5.82 Å². The first kappa shape index (κ1) is 11.8. The maximum absolute atomic E-state index is 5.01. The van der Waals surface area contributed by atoms with E-state index in [1.165, 1.54) is 32.0 Å². The zero-order valence-electron chi connectivity index (χ0n) is 9.49. The molecule has 1 heterocycles. The number of hydrogen-bond donors (Lipinski definition) is 1. The molecule has 4 heteroatoms. The molecule has 4 nitrogen and oxygen atoms in total. The zero-order valence-corrected chi connectivity index (χ0v) is 9.49. The Bertz CT molecular complexity index is 278. The largest absolute Gasteiger partial charge is 0.481 e. The van der Waals surface area contributed by atoms with Crippen LogP contribution in [0.2, 0.25) is 0 Å². The van der Waals surface area contributed by atoms with Gasteiger partial charge in [0, 0.05) is 12.6 Å². The number of methoxy groups -OCH3 is 1. The molecule has 0 atom stereocenters. The average Bonchev–Trinajstić information content (AvgIpc) is 2.29. The van der Waals surface area contributed by atoms with Crippen LogP contribution in [-0.4, -0.2) is 23.6 Å². The molecule has 15 heavy (non-hydrogen) atoms. The second kappa shape index (κ2) is 7.04. The van der Waals surface area contributed by atoms with Crippen LogP contribution in [0.25, 0.3) is 0 Å². The molecular formula is C11H19N3O. The van der Waals surface area contributed by atoms with Crippen molar-refractivity contribution >= 4 is 5.82 Å². The topological polar surface area (TPSA) is 47.0 Å². The number of nitrogens with zero attached hydrogens (tertiary/aromatic N) is 2. The van der Waals surface area contributed by atoms with Gasteiger partial charge in [0.15, 0.2) is 0 Å². The van der Waals surface area contributed by atoms with Crippen molar-refractivity contribution in [2.75, 3.05) is 19.0 Å². The minimum atomic E-state index is 0.598. The number of anilines is 1. The Morgan fingerprint density at radius 2 is 2.13 bits per heavy atom. The summed E-state index contributed by atoms with van der Waals surface area (Å²) in [6.07, 6.45) is 6.52. The Balaban J connectivity index is 2.24. The van der Waals surface area contributed by atoms with Gasteiger partial charge in [0.05, 0.1) is 7.11 Å². The summed E-state index contributed by atoms with van der Waals surface area (Å²) >= 11 is 0. The van der Waals surface area contributed by atoms with E-state index in [1.807, 2.05) is 0 Å². The van der Waals surface area contributed by atoms with Crippen molar-refractivity contribution in [1.82, 2.24) is 9.97 Å². The first-order valence-corrected chi connectivity index (χ1v) is 5.46. The summed E-state index contributed by atoms with van der Waals surface area (Å²) in [6.45, 7) is 3.17. The number of hydrogen-bond acceptors (Lipinski definition) is 4. The van der Waals surface area contributed by atoms with Gasteiger partial charge in [-0.1, -0.05) is 26.2 Å². The van der Waals surface area contributed by atoms with Crippen LogP contribution < -0.4 is 10.1 Å². The van der Waals surface area contributed by atoms with Crippen molar-refractivity contribution in [2.45, 2.75) is 32.6 Å². The van der Waals surface area contributed by atoms with Gasteiger partial charge in [-0.05, 0) is 6.42 Å². The molecule has 1 aromatic heterocycles. The van der Waals surface area contributed by atoms with Crippen LogP contribution in [0, 0.1) is 0 Å². The van der Waals surface area contributed by atoms with Gasteiger partial charge >= 0.3 is 0 Å². The summed E-state index contributed by atoms with van der Waals surface area (Å²) < 4.78 is 5.01. The predicted molar refractivity (Wildman–Crippen MR) is 61.2 cm³/mol. The highest BCUT2D eigenvalue weighted by molar-refractivity contribution is 5.36. The summed E-state index contributed by atoms with van der Waals surface area (Å²) in [5.41, 5.74) is 0. The minimum absolute atomic E-state index is 0.598. The molecule has 0 aliphatic rings. The standard InChI is InChI=1S/C11H19N3O/c1-3-4-5-6-7-12-10-8-11(15-2)14-9-13-10/h8-9H,3-7H2,1-2H3,(H,12,13,14). The van der Waals surface area contributed by atoms with Crippen molar-refractivity contribution in [3.8, 4) is 5.88 Å². The SMILES string of the molecule is CCCCCCNc1cc(OC)ncn1. The van der Waals surface area contributed by atoms with Gasteiger partial charge in [0.1, 0.15) is 12.1 Å². The van der Waals surface area contributed by atoms with Gasteiger partial charge in [-0.3, -0.25) is 0 Å². The lowest BCUT2D eigenvalue weighted by Gasteiger charge is -2.05. The Hall–Kier alpha value is -1.32. The molecule has 0 fully saturated rings. The second-order valence-corrected chi connectivity index (χ2v) is 3.43. The van der Waals surface area contributed by atoms with E-state index in [1.54, 1.807) is 13.2 Å². The third-order valence-corrected chi connectivity index (χ3v) is 2.19. The van der Waals surface area contributed by atoms with Crippen LogP contribution >= 0.6 is 0 Å². The maximum atomic E-state index is 5.01. The Morgan fingerprint density at radius 3 is 2.87 bits per heavy atom. The predicted octanol–water partition coefficient (Wildman–Crippen LogP) is 2.48. The highest BCUT2D eigenvalue weighted by Gasteiger charge is 1.96. The number of nitrogens with one attached hydrogen (secondary N) is 1. The van der Waals surface area contributed by atoms with Gasteiger partial charge in [-0.15, -0.1) is 0 Å². The van der Waals surface area contributed by atoms with Gasteiger partial charge in [-0.2, -0.15) is 0 Å². The molecule has 0 bridgehead atoms. The van der Waals surface area contributed by atoms with Crippen LogP contribution in [0.5, 0.6) is 5.88 Å². The van der Waals surface area contributed by atoms with Crippen molar-refractivity contribution < 1.29 is 4.74 Å². The number of unbranched alkanes of at least 4 members (excludes halogenated alkanes) is 3. The van der Waals surface area contributed by atoms with Crippen molar-refractivity contribution in [3.63, 3.8) is 0 Å². The third kappa shape index (κ3) is 4.63. The van der Waals surface area contributed by atoms with Crippen molar-refractivity contribution in [3.05, 3.63) is 12.4 Å². The van der Waals surface area contributed by atoms with E-state index in [0.29, 0.717) is 5.88 Å². The van der Waals surface area contributed by atoms with Gasteiger partial charge in [0.2, 0.25) is 5.88 Å². The van der Waals surface area contributed by atoms with Crippen LogP contribution in [0.3, 0.4) is 0 Å². The van der Waals surface area contributed by atoms with Crippen LogP contribution in [-0.2, 0) is 0 Å². The summed E-state index contributed by atoms with van der Waals surface area (Å²) in [5, 5.41) is 3.25. The second-order valence-electron chi connectivity index (χ2n) is 3.43. The molecule has 0 amide bonds. The fourth-order valence-electron chi connectivity index (χ4n) is 1.32. The monoisotopic (exact) mass is 209 g/mol. The molecule has 0 radical (unpaired) electrons. The number of rotatable bonds is 7. The summed E-state index contributed by atoms with van der Waals surface area (Å²) in [4.78, 5) is 8.05. The average molecular weight is 209 g/mol.